The number of allylic oxidation sites excluding steroid dienone is 1. The van der Waals surface area contributed by atoms with E-state index in [9.17, 15) is 4.79 Å². The first kappa shape index (κ1) is 30.8. The number of unbranched alkanes of at least 4 members (excludes halogenated alkanes) is 1. The van der Waals surface area contributed by atoms with Gasteiger partial charge in [-0.2, -0.15) is 6.21 Å². The van der Waals surface area contributed by atoms with Crippen molar-refractivity contribution in [2.75, 3.05) is 0 Å². The second-order valence-electron chi connectivity index (χ2n) is 5.39. The minimum atomic E-state index is -0.0413. The Morgan fingerprint density at radius 2 is 1.96 bits per heavy atom. The van der Waals surface area contributed by atoms with Crippen molar-refractivity contribution in [1.82, 2.24) is 0 Å². The Kier molecular flexibility index (Phi) is 23.5. The number of hydrogen-bond donors (Lipinski definition) is 0. The average molecular weight is 393 g/mol. The van der Waals surface area contributed by atoms with Crippen LogP contribution in [0.1, 0.15) is 58.4 Å². The van der Waals surface area contributed by atoms with Crippen LogP contribution in [0, 0.1) is 12.8 Å². The van der Waals surface area contributed by atoms with Crippen LogP contribution in [0.2, 0.25) is 0 Å². The van der Waals surface area contributed by atoms with Crippen LogP contribution >= 0.6 is 11.8 Å². The summed E-state index contributed by atoms with van der Waals surface area (Å²) in [6, 6.07) is 8.24. The Morgan fingerprint density at radius 3 is 2.42 bits per heavy atom. The summed E-state index contributed by atoms with van der Waals surface area (Å²) >= 11 is 1.14. The Morgan fingerprint density at radius 1 is 1.38 bits per heavy atom. The van der Waals surface area contributed by atoms with Gasteiger partial charge in [-0.05, 0) is 24.8 Å². The van der Waals surface area contributed by atoms with E-state index in [-0.39, 0.29) is 64.6 Å². The topological polar surface area (TPSA) is 29.4 Å². The molecule has 1 atom stereocenters. The first-order chi connectivity index (χ1) is 11.4. The summed E-state index contributed by atoms with van der Waals surface area (Å²) in [5, 5.41) is 2.71. The molecule has 1 rings (SSSR count). The molecule has 0 aromatic heterocycles. The molecule has 0 aliphatic heterocycles. The van der Waals surface area contributed by atoms with Crippen LogP contribution in [-0.4, -0.2) is 19.8 Å². The minimum absolute atomic E-state index is 0. The van der Waals surface area contributed by atoms with E-state index >= 15 is 0 Å². The quantitative estimate of drug-likeness (QED) is 0.294. The number of carbonyl (C=O) groups excluding carboxylic acids is 1. The number of nitrogens with zero attached hydrogens (tertiary/aromatic N) is 1. The predicted octanol–water partition coefficient (Wildman–Crippen LogP) is 2.29. The molecule has 26 heavy (non-hydrogen) atoms. The molecular formula is C21H29BKNOS-2. The monoisotopic (exact) mass is 393 g/mol. The van der Waals surface area contributed by atoms with Crippen molar-refractivity contribution in [3.8, 4) is 0 Å². The molecule has 0 heterocycles. The third-order valence-corrected chi connectivity index (χ3v) is 4.07. The van der Waals surface area contributed by atoms with Gasteiger partial charge in [0.25, 0.3) is 0 Å². The Balaban J connectivity index is -0.000000383. The van der Waals surface area contributed by atoms with Crippen molar-refractivity contribution in [3.05, 3.63) is 60.3 Å². The van der Waals surface area contributed by atoms with Crippen molar-refractivity contribution < 1.29 is 56.2 Å². The fourth-order valence-electron chi connectivity index (χ4n) is 1.76. The summed E-state index contributed by atoms with van der Waals surface area (Å²) in [5.41, 5.74) is 2.26. The zero-order valence-electron chi connectivity index (χ0n) is 17.1. The molecule has 0 bridgehead atoms. The molecule has 2 nitrogen and oxygen atoms in total. The molecule has 0 spiro atoms. The van der Waals surface area contributed by atoms with Gasteiger partial charge >= 0.3 is 51.4 Å². The van der Waals surface area contributed by atoms with Gasteiger partial charge in [0.05, 0.1) is 0 Å². The molecule has 1 unspecified atom stereocenters. The van der Waals surface area contributed by atoms with Crippen molar-refractivity contribution in [2.24, 2.45) is 4.99 Å². The maximum Gasteiger partial charge on any atom is 1.00 e. The largest absolute Gasteiger partial charge is 1.00 e. The average Bonchev–Trinajstić information content (AvgIpc) is 2.57. The number of ketones is 1. The Hall–Kier alpha value is 0.0913. The van der Waals surface area contributed by atoms with Gasteiger partial charge in [0.15, 0.2) is 5.78 Å². The minimum Gasteiger partial charge on any atom is -0.514 e. The molecule has 0 fully saturated rings. The summed E-state index contributed by atoms with van der Waals surface area (Å²) in [4.78, 5) is 14.7. The van der Waals surface area contributed by atoms with Crippen LogP contribution in [-0.2, 0) is 4.79 Å². The molecule has 136 valence electrons. The Bertz CT molecular complexity index is 556. The molecule has 2 radical (unpaired) electrons. The van der Waals surface area contributed by atoms with E-state index in [1.54, 1.807) is 6.92 Å². The fraction of sp³-hybridized carbons (Fsp3) is 0.381. The fourth-order valence-corrected chi connectivity index (χ4v) is 2.15. The van der Waals surface area contributed by atoms with Gasteiger partial charge in [-0.1, -0.05) is 63.0 Å². The van der Waals surface area contributed by atoms with Crippen LogP contribution in [0.15, 0.2) is 46.9 Å². The number of rotatable bonds is 8. The smallest absolute Gasteiger partial charge is 0.514 e. The summed E-state index contributed by atoms with van der Waals surface area (Å²) in [6.45, 7) is 11.2. The van der Waals surface area contributed by atoms with Gasteiger partial charge in [-0.15, -0.1) is 6.92 Å². The van der Waals surface area contributed by atoms with Crippen LogP contribution in [0.5, 0.6) is 0 Å². The molecule has 1 aromatic carbocycles. The first-order valence-corrected chi connectivity index (χ1v) is 8.89. The number of carbonyl (C=O) groups is 1. The maximum atomic E-state index is 10.6. The van der Waals surface area contributed by atoms with Gasteiger partial charge < -0.3 is 35.8 Å². The first-order valence-electron chi connectivity index (χ1n) is 8.08. The molecule has 0 aliphatic rings. The van der Waals surface area contributed by atoms with E-state index in [1.807, 2.05) is 12.1 Å². The van der Waals surface area contributed by atoms with Gasteiger partial charge in [0.1, 0.15) is 7.85 Å². The number of aliphatic imine (C=N–C) groups is 1. The Labute approximate surface area is 209 Å². The van der Waals surface area contributed by atoms with E-state index in [2.05, 4.69) is 49.2 Å². The molecule has 1 aromatic rings. The van der Waals surface area contributed by atoms with Crippen molar-refractivity contribution >= 4 is 37.1 Å². The maximum absolute atomic E-state index is 10.6. The standard InChI is InChI=1S/C12H17B.C8H9NOS.CH3.K/c1-3-4-5-10(2)11-6-8-12(13)9-7-11;1-4-9-5-6-11-8(3)7(2)10;;/h6-10H,3-5H2,1-2H3;5H,3H2,1-2H3;1H3;/q;-2;-1;+1. The van der Waals surface area contributed by atoms with Gasteiger partial charge in [-0.25, -0.2) is 0 Å². The molecule has 0 saturated carbocycles. The number of Topliss-reactive ketones (excluding diaryl/α,β-unsaturated/α-hetero) is 1. The van der Waals surface area contributed by atoms with Gasteiger partial charge in [0.2, 0.25) is 0 Å². The van der Waals surface area contributed by atoms with E-state index in [0.717, 1.165) is 17.2 Å². The van der Waals surface area contributed by atoms with Crippen LogP contribution in [0.3, 0.4) is 0 Å². The van der Waals surface area contributed by atoms with Crippen LogP contribution in [0.4, 0.5) is 0 Å². The van der Waals surface area contributed by atoms with Gasteiger partial charge in [-0.3, -0.25) is 4.79 Å². The van der Waals surface area contributed by atoms with E-state index in [4.69, 9.17) is 7.85 Å². The zero-order valence-corrected chi connectivity index (χ0v) is 21.1. The summed E-state index contributed by atoms with van der Waals surface area (Å²) in [6.07, 6.45) is 7.86. The second-order valence-corrected chi connectivity index (χ2v) is 6.32. The van der Waals surface area contributed by atoms with E-state index < -0.39 is 0 Å². The predicted molar refractivity (Wildman–Crippen MR) is 115 cm³/mol. The molecule has 0 saturated heterocycles. The normalized spacial score (nSPS) is 11.1. The molecule has 0 N–H and O–H groups in total. The van der Waals surface area contributed by atoms with E-state index in [0.29, 0.717) is 10.8 Å². The molecule has 5 heteroatoms. The second kappa shape index (κ2) is 19.8. The van der Waals surface area contributed by atoms with Crippen LogP contribution in [0.25, 0.3) is 0 Å². The molecule has 0 amide bonds. The third kappa shape index (κ3) is 16.3. The molecular weight excluding hydrogens is 364 g/mol. The third-order valence-electron chi connectivity index (χ3n) is 3.32. The van der Waals surface area contributed by atoms with Crippen molar-refractivity contribution in [2.45, 2.75) is 52.9 Å². The summed E-state index contributed by atoms with van der Waals surface area (Å²) in [7, 11) is 5.63. The van der Waals surface area contributed by atoms with Crippen molar-refractivity contribution in [1.29, 1.82) is 0 Å². The van der Waals surface area contributed by atoms with Crippen molar-refractivity contribution in [3.63, 3.8) is 0 Å². The SMILES string of the molecule is C=C(S[C-]=CN=[C-]C)C(C)=O.[B]c1ccc(C(C)CCCC)cc1.[CH3-].[K+]. The zero-order chi connectivity index (χ0) is 18.4. The number of thioether (sulfide) groups is 1. The summed E-state index contributed by atoms with van der Waals surface area (Å²) in [5.74, 6) is 0.626. The number of hydrogen-bond acceptors (Lipinski definition) is 3. The molecule has 0 aliphatic carbocycles. The van der Waals surface area contributed by atoms with Crippen LogP contribution < -0.4 is 56.8 Å². The van der Waals surface area contributed by atoms with Gasteiger partial charge in [0, 0.05) is 4.91 Å². The number of benzene rings is 1. The van der Waals surface area contributed by atoms with E-state index in [1.165, 1.54) is 37.9 Å². The summed E-state index contributed by atoms with van der Waals surface area (Å²) < 4.78 is 0.